The Kier molecular flexibility index (Phi) is 8.39. The molecule has 9 nitrogen and oxygen atoms in total. The largest absolute Gasteiger partial charge is 0.506 e. The Balaban J connectivity index is 1.87. The van der Waals surface area contributed by atoms with Crippen LogP contribution in [0.3, 0.4) is 0 Å². The molecule has 1 amide bonds. The van der Waals surface area contributed by atoms with Gasteiger partial charge in [0.25, 0.3) is 15.9 Å². The third-order valence-corrected chi connectivity index (χ3v) is 8.83. The summed E-state index contributed by atoms with van der Waals surface area (Å²) in [6.45, 7) is 3.73. The Hall–Kier alpha value is -3.62. The summed E-state index contributed by atoms with van der Waals surface area (Å²) in [5, 5.41) is 12.5. The predicted molar refractivity (Wildman–Crippen MR) is 135 cm³/mol. The van der Waals surface area contributed by atoms with Gasteiger partial charge in [0.1, 0.15) is 5.75 Å². The molecular weight excluding hydrogens is 547 g/mol. The highest BCUT2D eigenvalue weighted by atomic mass is 32.2. The van der Waals surface area contributed by atoms with Crippen LogP contribution in [0.2, 0.25) is 0 Å². The van der Waals surface area contributed by atoms with Crippen LogP contribution in [0.5, 0.6) is 5.75 Å². The molecule has 0 unspecified atom stereocenters. The maximum absolute atomic E-state index is 13.0. The van der Waals surface area contributed by atoms with E-state index in [0.29, 0.717) is 6.07 Å². The van der Waals surface area contributed by atoms with Gasteiger partial charge in [-0.1, -0.05) is 26.0 Å². The van der Waals surface area contributed by atoms with Gasteiger partial charge < -0.3 is 10.4 Å². The molecule has 3 N–H and O–H groups in total. The first-order valence-electron chi connectivity index (χ1n) is 11.1. The Morgan fingerprint density at radius 3 is 2.18 bits per heavy atom. The van der Waals surface area contributed by atoms with Crippen molar-refractivity contribution >= 4 is 37.3 Å². The molecule has 0 atom stereocenters. The molecule has 3 aromatic rings. The summed E-state index contributed by atoms with van der Waals surface area (Å²) in [6, 6.07) is 11.6. The van der Waals surface area contributed by atoms with Crippen LogP contribution in [0.25, 0.3) is 0 Å². The van der Waals surface area contributed by atoms with Gasteiger partial charge in [0, 0.05) is 24.3 Å². The van der Waals surface area contributed by atoms with Crippen molar-refractivity contribution in [3.05, 3.63) is 77.9 Å². The lowest BCUT2D eigenvalue weighted by Crippen LogP contribution is -2.30. The molecule has 0 fully saturated rings. The fraction of sp³-hybridized carbons (Fsp3) is 0.208. The molecule has 0 spiro atoms. The predicted octanol–water partition coefficient (Wildman–Crippen LogP) is 4.49. The number of benzene rings is 3. The maximum Gasteiger partial charge on any atom is 0.416 e. The number of hydrogen-bond donors (Lipinski definition) is 3. The van der Waals surface area contributed by atoms with E-state index in [1.54, 1.807) is 13.8 Å². The number of carbonyl (C=O) groups is 1. The quantitative estimate of drug-likeness (QED) is 0.324. The second kappa shape index (κ2) is 11.0. The van der Waals surface area contributed by atoms with Crippen LogP contribution in [-0.4, -0.2) is 45.2 Å². The van der Waals surface area contributed by atoms with Gasteiger partial charge in [0.2, 0.25) is 10.0 Å². The lowest BCUT2D eigenvalue weighted by Gasteiger charge is -2.19. The minimum Gasteiger partial charge on any atom is -0.506 e. The van der Waals surface area contributed by atoms with Gasteiger partial charge in [-0.2, -0.15) is 17.5 Å². The first-order chi connectivity index (χ1) is 17.7. The van der Waals surface area contributed by atoms with Crippen molar-refractivity contribution in [2.24, 2.45) is 0 Å². The molecular formula is C24H24F3N3O6S2. The van der Waals surface area contributed by atoms with Gasteiger partial charge in [-0.05, 0) is 54.6 Å². The molecule has 0 heterocycles. The van der Waals surface area contributed by atoms with Crippen molar-refractivity contribution in [3.8, 4) is 5.75 Å². The highest BCUT2D eigenvalue weighted by Crippen LogP contribution is 2.32. The number of hydrogen-bond acceptors (Lipinski definition) is 6. The first-order valence-corrected chi connectivity index (χ1v) is 14.1. The number of aromatic hydroxyl groups is 1. The van der Waals surface area contributed by atoms with Crippen molar-refractivity contribution < 1.29 is 39.9 Å². The van der Waals surface area contributed by atoms with E-state index in [-0.39, 0.29) is 34.9 Å². The zero-order valence-corrected chi connectivity index (χ0v) is 21.8. The van der Waals surface area contributed by atoms with Gasteiger partial charge in [-0.25, -0.2) is 16.8 Å². The number of nitrogens with zero attached hydrogens (tertiary/aromatic N) is 1. The van der Waals surface area contributed by atoms with E-state index in [2.05, 4.69) is 5.32 Å². The number of nitrogens with one attached hydrogen (secondary N) is 2. The summed E-state index contributed by atoms with van der Waals surface area (Å²) in [4.78, 5) is 12.3. The van der Waals surface area contributed by atoms with Gasteiger partial charge in [-0.3, -0.25) is 9.52 Å². The van der Waals surface area contributed by atoms with E-state index in [4.69, 9.17) is 0 Å². The number of carbonyl (C=O) groups excluding carboxylic acids is 1. The van der Waals surface area contributed by atoms with Crippen LogP contribution < -0.4 is 10.0 Å². The van der Waals surface area contributed by atoms with Crippen molar-refractivity contribution in [2.75, 3.05) is 23.1 Å². The zero-order chi connectivity index (χ0) is 28.3. The van der Waals surface area contributed by atoms with Crippen molar-refractivity contribution in [1.29, 1.82) is 0 Å². The summed E-state index contributed by atoms with van der Waals surface area (Å²) >= 11 is 0. The first kappa shape index (κ1) is 28.9. The molecule has 0 aliphatic rings. The number of amides is 1. The standard InChI is InChI=1S/C24H24F3N3O6S2/c1-3-30(4-2)38(35,36)20-11-12-22(31)21(15-20)28-23(32)16-7-5-10-19(13-16)37(33,34)29-18-9-6-8-17(14-18)24(25,26)27/h5-15,29,31H,3-4H2,1-2H3,(H,28,32). The smallest absolute Gasteiger partial charge is 0.416 e. The van der Waals surface area contributed by atoms with Crippen LogP contribution in [0, 0.1) is 0 Å². The molecule has 0 saturated carbocycles. The lowest BCUT2D eigenvalue weighted by molar-refractivity contribution is -0.137. The topological polar surface area (TPSA) is 133 Å². The SMILES string of the molecule is CCN(CC)S(=O)(=O)c1ccc(O)c(NC(=O)c2cccc(S(=O)(=O)Nc3cccc(C(F)(F)F)c3)c2)c1. The number of halogens is 3. The number of anilines is 2. The Morgan fingerprint density at radius 2 is 1.55 bits per heavy atom. The third kappa shape index (κ3) is 6.44. The van der Waals surface area contributed by atoms with Crippen LogP contribution >= 0.6 is 0 Å². The summed E-state index contributed by atoms with van der Waals surface area (Å²) in [5.41, 5.74) is -1.77. The second-order valence-electron chi connectivity index (χ2n) is 7.93. The molecule has 0 saturated heterocycles. The Bertz CT molecular complexity index is 1550. The summed E-state index contributed by atoms with van der Waals surface area (Å²) in [5.74, 6) is -1.29. The van der Waals surface area contributed by atoms with Gasteiger partial charge in [0.15, 0.2) is 0 Å². The van der Waals surface area contributed by atoms with E-state index >= 15 is 0 Å². The highest BCUT2D eigenvalue weighted by molar-refractivity contribution is 7.92. The number of sulfonamides is 2. The lowest BCUT2D eigenvalue weighted by atomic mass is 10.2. The van der Waals surface area contributed by atoms with Crippen LogP contribution in [0.4, 0.5) is 24.5 Å². The molecule has 0 radical (unpaired) electrons. The third-order valence-electron chi connectivity index (χ3n) is 5.41. The fourth-order valence-corrected chi connectivity index (χ4v) is 6.04. The Morgan fingerprint density at radius 1 is 0.895 bits per heavy atom. The minimum atomic E-state index is -4.67. The van der Waals surface area contributed by atoms with E-state index in [1.165, 1.54) is 22.5 Å². The van der Waals surface area contributed by atoms with Gasteiger partial charge in [-0.15, -0.1) is 0 Å². The van der Waals surface area contributed by atoms with Gasteiger partial charge in [0.05, 0.1) is 21.0 Å². The molecule has 3 aromatic carbocycles. The van der Waals surface area contributed by atoms with Crippen molar-refractivity contribution in [1.82, 2.24) is 4.31 Å². The molecule has 204 valence electrons. The second-order valence-corrected chi connectivity index (χ2v) is 11.6. The molecule has 0 bridgehead atoms. The zero-order valence-electron chi connectivity index (χ0n) is 20.2. The molecule has 38 heavy (non-hydrogen) atoms. The number of phenolic OH excluding ortho intramolecular Hbond substituents is 1. The molecule has 0 aromatic heterocycles. The molecule has 0 aliphatic heterocycles. The van der Waals surface area contributed by atoms with Crippen LogP contribution in [0.15, 0.2) is 76.5 Å². The molecule has 0 aliphatic carbocycles. The van der Waals surface area contributed by atoms with E-state index < -0.39 is 48.3 Å². The summed E-state index contributed by atoms with van der Waals surface area (Å²) in [7, 11) is -8.28. The molecule has 3 rings (SSSR count). The monoisotopic (exact) mass is 571 g/mol. The average Bonchev–Trinajstić information content (AvgIpc) is 2.85. The van der Waals surface area contributed by atoms with E-state index in [1.807, 2.05) is 4.72 Å². The van der Waals surface area contributed by atoms with E-state index in [0.717, 1.165) is 42.5 Å². The average molecular weight is 572 g/mol. The van der Waals surface area contributed by atoms with Crippen molar-refractivity contribution in [3.63, 3.8) is 0 Å². The molecule has 14 heteroatoms. The number of phenols is 1. The summed E-state index contributed by atoms with van der Waals surface area (Å²) < 4.78 is 93.3. The number of alkyl halides is 3. The van der Waals surface area contributed by atoms with Crippen molar-refractivity contribution in [2.45, 2.75) is 29.8 Å². The fourth-order valence-electron chi connectivity index (χ4n) is 3.46. The Labute approximate surface area is 218 Å². The highest BCUT2D eigenvalue weighted by Gasteiger charge is 2.31. The summed E-state index contributed by atoms with van der Waals surface area (Å²) in [6.07, 6.45) is -4.67. The maximum atomic E-state index is 13.0. The van der Waals surface area contributed by atoms with Crippen LogP contribution in [-0.2, 0) is 26.2 Å². The van der Waals surface area contributed by atoms with Crippen LogP contribution in [0.1, 0.15) is 29.8 Å². The number of rotatable bonds is 9. The minimum absolute atomic E-state index is 0.170. The van der Waals surface area contributed by atoms with E-state index in [9.17, 15) is 39.9 Å². The van der Waals surface area contributed by atoms with Gasteiger partial charge >= 0.3 is 6.18 Å². The normalized spacial score (nSPS) is 12.4.